The number of pyridine rings is 1. The molecule has 2 aliphatic heterocycles. The number of hydrogen-bond donors (Lipinski definition) is 0. The van der Waals surface area contributed by atoms with E-state index in [1.54, 1.807) is 17.7 Å². The summed E-state index contributed by atoms with van der Waals surface area (Å²) in [5, 5.41) is 1.12. The smallest absolute Gasteiger partial charge is 0.235 e. The summed E-state index contributed by atoms with van der Waals surface area (Å²) in [6, 6.07) is 10.1. The molecular formula is C25H26N4O3S. The van der Waals surface area contributed by atoms with Gasteiger partial charge in [0.1, 0.15) is 28.3 Å². The summed E-state index contributed by atoms with van der Waals surface area (Å²) in [6.07, 6.45) is 2.41. The lowest BCUT2D eigenvalue weighted by Crippen LogP contribution is -2.39. The van der Waals surface area contributed by atoms with Crippen LogP contribution in [0.4, 0.5) is 5.82 Å². The lowest BCUT2D eigenvalue weighted by Gasteiger charge is -2.36. The average molecular weight is 463 g/mol. The fourth-order valence-corrected chi connectivity index (χ4v) is 5.73. The van der Waals surface area contributed by atoms with Gasteiger partial charge in [0.05, 0.1) is 30.9 Å². The Hall–Kier alpha value is -2.81. The van der Waals surface area contributed by atoms with Crippen molar-refractivity contribution in [2.75, 3.05) is 31.2 Å². The van der Waals surface area contributed by atoms with Gasteiger partial charge in [-0.15, -0.1) is 11.3 Å². The summed E-state index contributed by atoms with van der Waals surface area (Å²) in [7, 11) is 0. The van der Waals surface area contributed by atoms with E-state index in [0.717, 1.165) is 64.5 Å². The fraction of sp³-hybridized carbons (Fsp3) is 0.400. The molecule has 8 heteroatoms. The third-order valence-electron chi connectivity index (χ3n) is 6.30. The Bertz CT molecular complexity index is 1320. The molecule has 3 aromatic heterocycles. The van der Waals surface area contributed by atoms with Crippen LogP contribution < -0.4 is 9.64 Å². The number of anilines is 1. The standard InChI is InChI=1S/C25H26N4O3S/c1-25(2)12-17-18(14-32-25)22(29-8-10-30-11-9-29)28-24-19(17)20-21(33-24)23(27-15-26-20)31-13-16-6-4-3-5-7-16/h3-7,15H,8-14H2,1-2H3. The van der Waals surface area contributed by atoms with Gasteiger partial charge < -0.3 is 19.1 Å². The lowest BCUT2D eigenvalue weighted by molar-refractivity contribution is -0.0396. The first-order valence-electron chi connectivity index (χ1n) is 11.3. The minimum atomic E-state index is -0.239. The van der Waals surface area contributed by atoms with Gasteiger partial charge in [-0.3, -0.25) is 0 Å². The van der Waals surface area contributed by atoms with Crippen molar-refractivity contribution in [2.24, 2.45) is 0 Å². The zero-order valence-electron chi connectivity index (χ0n) is 18.8. The normalized spacial score (nSPS) is 17.9. The number of aromatic nitrogens is 3. The minimum Gasteiger partial charge on any atom is -0.472 e. The third-order valence-corrected chi connectivity index (χ3v) is 7.36. The topological polar surface area (TPSA) is 69.6 Å². The van der Waals surface area contributed by atoms with E-state index in [0.29, 0.717) is 19.1 Å². The van der Waals surface area contributed by atoms with Gasteiger partial charge in [-0.1, -0.05) is 30.3 Å². The van der Waals surface area contributed by atoms with Crippen LogP contribution in [0.2, 0.25) is 0 Å². The highest BCUT2D eigenvalue weighted by Gasteiger charge is 2.33. The zero-order valence-corrected chi connectivity index (χ0v) is 19.7. The Morgan fingerprint density at radius 1 is 1.09 bits per heavy atom. The molecule has 0 unspecified atom stereocenters. The van der Waals surface area contributed by atoms with Crippen molar-refractivity contribution >= 4 is 37.6 Å². The van der Waals surface area contributed by atoms with Crippen LogP contribution in [0.3, 0.4) is 0 Å². The number of fused-ring (bicyclic) bond motifs is 5. The largest absolute Gasteiger partial charge is 0.472 e. The quantitative estimate of drug-likeness (QED) is 0.442. The van der Waals surface area contributed by atoms with Crippen molar-refractivity contribution in [2.45, 2.75) is 39.1 Å². The average Bonchev–Trinajstić information content (AvgIpc) is 3.22. The Morgan fingerprint density at radius 2 is 1.91 bits per heavy atom. The molecule has 1 fully saturated rings. The van der Waals surface area contributed by atoms with Crippen LogP contribution in [0.15, 0.2) is 36.7 Å². The van der Waals surface area contributed by atoms with Crippen molar-refractivity contribution in [1.82, 2.24) is 15.0 Å². The van der Waals surface area contributed by atoms with Gasteiger partial charge in [0, 0.05) is 30.5 Å². The molecule has 0 spiro atoms. The highest BCUT2D eigenvalue weighted by Crippen LogP contribution is 2.44. The maximum atomic E-state index is 6.22. The van der Waals surface area contributed by atoms with Crippen LogP contribution in [0.5, 0.6) is 5.88 Å². The number of rotatable bonds is 4. The molecule has 33 heavy (non-hydrogen) atoms. The minimum absolute atomic E-state index is 0.239. The fourth-order valence-electron chi connectivity index (χ4n) is 4.63. The molecule has 170 valence electrons. The molecule has 0 aliphatic carbocycles. The van der Waals surface area contributed by atoms with E-state index in [2.05, 4.69) is 40.8 Å². The summed E-state index contributed by atoms with van der Waals surface area (Å²) in [6.45, 7) is 8.43. The van der Waals surface area contributed by atoms with Gasteiger partial charge in [-0.05, 0) is 25.0 Å². The monoisotopic (exact) mass is 462 g/mol. The highest BCUT2D eigenvalue weighted by molar-refractivity contribution is 7.25. The Labute approximate surface area is 196 Å². The van der Waals surface area contributed by atoms with E-state index < -0.39 is 0 Å². The van der Waals surface area contributed by atoms with Crippen LogP contribution in [0.1, 0.15) is 30.5 Å². The van der Waals surface area contributed by atoms with Crippen molar-refractivity contribution < 1.29 is 14.2 Å². The summed E-state index contributed by atoms with van der Waals surface area (Å²) in [4.78, 5) is 17.6. The number of nitrogens with zero attached hydrogens (tertiary/aromatic N) is 4. The first-order valence-corrected chi connectivity index (χ1v) is 12.1. The first-order chi connectivity index (χ1) is 16.1. The van der Waals surface area contributed by atoms with E-state index in [9.17, 15) is 0 Å². The Balaban J connectivity index is 1.50. The number of ether oxygens (including phenoxy) is 3. The summed E-state index contributed by atoms with van der Waals surface area (Å²) in [5.74, 6) is 1.63. The van der Waals surface area contributed by atoms with Gasteiger partial charge in [0.2, 0.25) is 5.88 Å². The molecule has 0 bridgehead atoms. The number of morpholine rings is 1. The molecule has 0 N–H and O–H groups in total. The van der Waals surface area contributed by atoms with E-state index in [-0.39, 0.29) is 5.60 Å². The van der Waals surface area contributed by atoms with Gasteiger partial charge in [-0.2, -0.15) is 0 Å². The molecule has 5 heterocycles. The first kappa shape index (κ1) is 20.8. The maximum Gasteiger partial charge on any atom is 0.235 e. The van der Waals surface area contributed by atoms with Gasteiger partial charge in [0.15, 0.2) is 0 Å². The van der Waals surface area contributed by atoms with Crippen LogP contribution >= 0.6 is 11.3 Å². The number of benzene rings is 1. The van der Waals surface area contributed by atoms with E-state index >= 15 is 0 Å². The van der Waals surface area contributed by atoms with Crippen molar-refractivity contribution in [3.05, 3.63) is 53.3 Å². The molecule has 0 amide bonds. The van der Waals surface area contributed by atoms with Crippen LogP contribution in [0.25, 0.3) is 20.4 Å². The van der Waals surface area contributed by atoms with Crippen LogP contribution in [0, 0.1) is 0 Å². The third kappa shape index (κ3) is 3.82. The van der Waals surface area contributed by atoms with Crippen molar-refractivity contribution in [3.63, 3.8) is 0 Å². The van der Waals surface area contributed by atoms with Crippen molar-refractivity contribution in [3.8, 4) is 5.88 Å². The molecule has 0 saturated carbocycles. The second kappa shape index (κ2) is 8.20. The molecule has 4 aromatic rings. The van der Waals surface area contributed by atoms with Crippen LogP contribution in [-0.2, 0) is 29.1 Å². The molecular weight excluding hydrogens is 436 g/mol. The molecule has 1 aromatic carbocycles. The number of hydrogen-bond acceptors (Lipinski definition) is 8. The Kier molecular flexibility index (Phi) is 5.16. The molecule has 6 rings (SSSR count). The summed E-state index contributed by atoms with van der Waals surface area (Å²) >= 11 is 1.61. The Morgan fingerprint density at radius 3 is 2.73 bits per heavy atom. The van der Waals surface area contributed by atoms with Gasteiger partial charge in [-0.25, -0.2) is 15.0 Å². The molecule has 0 radical (unpaired) electrons. The molecule has 1 saturated heterocycles. The second-order valence-electron chi connectivity index (χ2n) is 9.13. The molecule has 7 nitrogen and oxygen atoms in total. The van der Waals surface area contributed by atoms with Gasteiger partial charge >= 0.3 is 0 Å². The maximum absolute atomic E-state index is 6.22. The highest BCUT2D eigenvalue weighted by atomic mass is 32.1. The number of thiophene rings is 1. The van der Waals surface area contributed by atoms with Gasteiger partial charge in [0.25, 0.3) is 0 Å². The zero-order chi connectivity index (χ0) is 22.4. The molecule has 2 aliphatic rings. The summed E-state index contributed by atoms with van der Waals surface area (Å²) in [5.41, 5.74) is 4.25. The summed E-state index contributed by atoms with van der Waals surface area (Å²) < 4.78 is 18.9. The predicted octanol–water partition coefficient (Wildman–Crippen LogP) is 4.51. The van der Waals surface area contributed by atoms with E-state index in [1.165, 1.54) is 11.1 Å². The second-order valence-corrected chi connectivity index (χ2v) is 10.1. The lowest BCUT2D eigenvalue weighted by atomic mass is 9.90. The predicted molar refractivity (Wildman–Crippen MR) is 129 cm³/mol. The van der Waals surface area contributed by atoms with E-state index in [4.69, 9.17) is 19.2 Å². The SMILES string of the molecule is CC1(C)Cc2c(c(N3CCOCC3)nc3sc4c(OCc5ccccc5)ncnc4c23)CO1. The van der Waals surface area contributed by atoms with Crippen molar-refractivity contribution in [1.29, 1.82) is 0 Å². The van der Waals surface area contributed by atoms with Crippen LogP contribution in [-0.4, -0.2) is 46.9 Å². The van der Waals surface area contributed by atoms with E-state index in [1.807, 2.05) is 18.2 Å². The molecule has 0 atom stereocenters.